The van der Waals surface area contributed by atoms with Crippen molar-refractivity contribution in [1.82, 2.24) is 4.98 Å². The van der Waals surface area contributed by atoms with Gasteiger partial charge in [0.15, 0.2) is 0 Å². The molecule has 1 heterocycles. The van der Waals surface area contributed by atoms with E-state index in [1.165, 1.54) is 0 Å². The fourth-order valence-corrected chi connectivity index (χ4v) is 3.02. The number of halogens is 1. The van der Waals surface area contributed by atoms with Crippen LogP contribution >= 0.6 is 10.7 Å². The normalized spacial score (nSPS) is 19.2. The highest BCUT2D eigenvalue weighted by atomic mass is 35.7. The van der Waals surface area contributed by atoms with E-state index < -0.39 is 13.8 Å². The smallest absolute Gasteiger partial charge is 0.238 e. The van der Waals surface area contributed by atoms with Gasteiger partial charge in [0.2, 0.25) is 9.05 Å². The van der Waals surface area contributed by atoms with Gasteiger partial charge in [-0.15, -0.1) is 0 Å². The molecule has 14 heavy (non-hydrogen) atoms. The monoisotopic (exact) mass is 231 g/mol. The topological polar surface area (TPSA) is 47.0 Å². The van der Waals surface area contributed by atoms with E-state index in [0.29, 0.717) is 19.3 Å². The van der Waals surface area contributed by atoms with E-state index in [-0.39, 0.29) is 0 Å². The largest absolute Gasteiger partial charge is 0.261 e. The van der Waals surface area contributed by atoms with Crippen molar-refractivity contribution in [3.8, 4) is 0 Å². The van der Waals surface area contributed by atoms with Crippen molar-refractivity contribution in [2.45, 2.75) is 24.0 Å². The second kappa shape index (κ2) is 3.21. The van der Waals surface area contributed by atoms with Crippen LogP contribution in [-0.4, -0.2) is 18.1 Å². The standard InChI is InChI=1S/C9H10ClNO2S/c10-14(12,13)9(4-5-9)7-8-3-1-2-6-11-8/h1-3,6H,4-5,7H2. The number of hydrogen-bond acceptors (Lipinski definition) is 3. The highest BCUT2D eigenvalue weighted by Crippen LogP contribution is 2.47. The summed E-state index contributed by atoms with van der Waals surface area (Å²) < 4.78 is 21.8. The lowest BCUT2D eigenvalue weighted by atomic mass is 10.2. The summed E-state index contributed by atoms with van der Waals surface area (Å²) in [4.78, 5) is 4.09. The predicted octanol–water partition coefficient (Wildman–Crippen LogP) is 1.73. The Bertz CT molecular complexity index is 425. The van der Waals surface area contributed by atoms with Crippen LogP contribution in [0.25, 0.3) is 0 Å². The molecule has 0 amide bonds. The van der Waals surface area contributed by atoms with Gasteiger partial charge in [-0.1, -0.05) is 6.07 Å². The van der Waals surface area contributed by atoms with Gasteiger partial charge in [0.1, 0.15) is 0 Å². The van der Waals surface area contributed by atoms with Crippen LogP contribution in [0.3, 0.4) is 0 Å². The maximum absolute atomic E-state index is 11.3. The van der Waals surface area contributed by atoms with Crippen molar-refractivity contribution in [3.63, 3.8) is 0 Å². The Morgan fingerprint density at radius 1 is 1.43 bits per heavy atom. The molecule has 1 aromatic rings. The molecule has 0 bridgehead atoms. The van der Waals surface area contributed by atoms with E-state index in [4.69, 9.17) is 10.7 Å². The number of aromatic nitrogens is 1. The second-order valence-corrected chi connectivity index (χ2v) is 6.58. The molecule has 0 atom stereocenters. The fourth-order valence-electron chi connectivity index (χ4n) is 1.48. The molecule has 3 nitrogen and oxygen atoms in total. The number of rotatable bonds is 3. The molecule has 1 fully saturated rings. The van der Waals surface area contributed by atoms with E-state index in [1.807, 2.05) is 12.1 Å². The molecule has 76 valence electrons. The zero-order valence-corrected chi connectivity index (χ0v) is 9.05. The molecule has 0 aromatic carbocycles. The first kappa shape index (κ1) is 9.93. The van der Waals surface area contributed by atoms with Crippen LogP contribution in [-0.2, 0) is 15.5 Å². The molecule has 0 spiro atoms. The fraction of sp³-hybridized carbons (Fsp3) is 0.444. The lowest BCUT2D eigenvalue weighted by Crippen LogP contribution is -2.21. The SMILES string of the molecule is O=S(=O)(Cl)C1(Cc2ccccn2)CC1. The van der Waals surface area contributed by atoms with E-state index >= 15 is 0 Å². The zero-order chi connectivity index (χ0) is 10.2. The summed E-state index contributed by atoms with van der Waals surface area (Å²) in [5, 5.41) is 0. The third kappa shape index (κ3) is 1.77. The molecule has 1 aliphatic carbocycles. The van der Waals surface area contributed by atoms with Crippen LogP contribution in [0.2, 0.25) is 0 Å². The Balaban J connectivity index is 2.21. The Morgan fingerprint density at radius 2 is 2.14 bits per heavy atom. The number of nitrogens with zero attached hydrogens (tertiary/aromatic N) is 1. The van der Waals surface area contributed by atoms with Crippen LogP contribution in [0, 0.1) is 0 Å². The summed E-state index contributed by atoms with van der Waals surface area (Å²) in [5.41, 5.74) is 0.786. The quantitative estimate of drug-likeness (QED) is 0.745. The molecule has 0 radical (unpaired) electrons. The Morgan fingerprint density at radius 3 is 2.57 bits per heavy atom. The van der Waals surface area contributed by atoms with E-state index in [1.54, 1.807) is 12.3 Å². The van der Waals surface area contributed by atoms with Crippen LogP contribution in [0.4, 0.5) is 0 Å². The summed E-state index contributed by atoms with van der Waals surface area (Å²) in [6.07, 6.45) is 3.39. The maximum atomic E-state index is 11.3. The van der Waals surface area contributed by atoms with Gasteiger partial charge in [-0.05, 0) is 25.0 Å². The van der Waals surface area contributed by atoms with Crippen LogP contribution in [0.1, 0.15) is 18.5 Å². The predicted molar refractivity (Wildman–Crippen MR) is 54.7 cm³/mol. The van der Waals surface area contributed by atoms with Gasteiger partial charge in [-0.3, -0.25) is 4.98 Å². The van der Waals surface area contributed by atoms with Crippen molar-refractivity contribution in [3.05, 3.63) is 30.1 Å². The number of pyridine rings is 1. The molecule has 1 aromatic heterocycles. The first-order valence-corrected chi connectivity index (χ1v) is 6.69. The lowest BCUT2D eigenvalue weighted by molar-refractivity contribution is 0.589. The van der Waals surface area contributed by atoms with Gasteiger partial charge in [0.25, 0.3) is 0 Å². The Kier molecular flexibility index (Phi) is 2.27. The molecule has 5 heteroatoms. The average Bonchev–Trinajstić information content (AvgIpc) is 2.86. The third-order valence-corrected chi connectivity index (χ3v) is 5.12. The Hall–Kier alpha value is -0.610. The lowest BCUT2D eigenvalue weighted by Gasteiger charge is -2.09. The Labute approximate surface area is 87.5 Å². The second-order valence-electron chi connectivity index (χ2n) is 3.62. The van der Waals surface area contributed by atoms with E-state index in [0.717, 1.165) is 5.69 Å². The van der Waals surface area contributed by atoms with Crippen molar-refractivity contribution in [1.29, 1.82) is 0 Å². The van der Waals surface area contributed by atoms with Gasteiger partial charge in [-0.25, -0.2) is 8.42 Å². The molecule has 0 unspecified atom stereocenters. The minimum atomic E-state index is -3.46. The van der Waals surface area contributed by atoms with E-state index in [2.05, 4.69) is 4.98 Å². The van der Waals surface area contributed by atoms with Crippen molar-refractivity contribution in [2.24, 2.45) is 0 Å². The van der Waals surface area contributed by atoms with Crippen molar-refractivity contribution < 1.29 is 8.42 Å². The van der Waals surface area contributed by atoms with Gasteiger partial charge >= 0.3 is 0 Å². The molecule has 0 N–H and O–H groups in total. The number of hydrogen-bond donors (Lipinski definition) is 0. The third-order valence-electron chi connectivity index (χ3n) is 2.55. The van der Waals surface area contributed by atoms with Crippen molar-refractivity contribution in [2.75, 3.05) is 0 Å². The minimum absolute atomic E-state index is 0.430. The van der Waals surface area contributed by atoms with Crippen LogP contribution in [0.5, 0.6) is 0 Å². The van der Waals surface area contributed by atoms with Crippen molar-refractivity contribution >= 4 is 19.7 Å². The molecule has 1 aliphatic rings. The highest BCUT2D eigenvalue weighted by molar-refractivity contribution is 8.15. The molecule has 1 saturated carbocycles. The van der Waals surface area contributed by atoms with Gasteiger partial charge in [-0.2, -0.15) is 0 Å². The van der Waals surface area contributed by atoms with Gasteiger partial charge in [0.05, 0.1) is 4.75 Å². The molecule has 0 saturated heterocycles. The summed E-state index contributed by atoms with van der Waals surface area (Å²) in [6, 6.07) is 5.47. The summed E-state index contributed by atoms with van der Waals surface area (Å²) in [7, 11) is 1.92. The van der Waals surface area contributed by atoms with Crippen LogP contribution < -0.4 is 0 Å². The summed E-state index contributed by atoms with van der Waals surface area (Å²) in [5.74, 6) is 0. The first-order valence-electron chi connectivity index (χ1n) is 4.38. The molecule has 2 rings (SSSR count). The minimum Gasteiger partial charge on any atom is -0.261 e. The molecular weight excluding hydrogens is 222 g/mol. The summed E-state index contributed by atoms with van der Waals surface area (Å²) >= 11 is 0. The zero-order valence-electron chi connectivity index (χ0n) is 7.48. The van der Waals surface area contributed by atoms with Gasteiger partial charge in [0, 0.05) is 29.0 Å². The molecule has 0 aliphatic heterocycles. The van der Waals surface area contributed by atoms with E-state index in [9.17, 15) is 8.42 Å². The highest BCUT2D eigenvalue weighted by Gasteiger charge is 2.53. The molecular formula is C9H10ClNO2S. The van der Waals surface area contributed by atoms with Gasteiger partial charge < -0.3 is 0 Å². The summed E-state index contributed by atoms with van der Waals surface area (Å²) in [6.45, 7) is 0. The average molecular weight is 232 g/mol. The maximum Gasteiger partial charge on any atom is 0.238 e. The first-order chi connectivity index (χ1) is 6.54. The van der Waals surface area contributed by atoms with Crippen LogP contribution in [0.15, 0.2) is 24.4 Å².